The summed E-state index contributed by atoms with van der Waals surface area (Å²) < 4.78 is 5.14. The summed E-state index contributed by atoms with van der Waals surface area (Å²) >= 11 is 0. The molecule has 162 valence electrons. The summed E-state index contributed by atoms with van der Waals surface area (Å²) in [6.07, 6.45) is 4.01. The summed E-state index contributed by atoms with van der Waals surface area (Å²) in [4.78, 5) is 28.9. The molecule has 2 aromatic carbocycles. The molecule has 3 atom stereocenters. The summed E-state index contributed by atoms with van der Waals surface area (Å²) in [5.41, 5.74) is 2.81. The second kappa shape index (κ2) is 8.81. The minimum atomic E-state index is -0.312. The molecule has 0 bridgehead atoms. The summed E-state index contributed by atoms with van der Waals surface area (Å²) in [6.45, 7) is 2.30. The Morgan fingerprint density at radius 2 is 1.90 bits per heavy atom. The third-order valence-corrected chi connectivity index (χ3v) is 6.06. The highest BCUT2D eigenvalue weighted by atomic mass is 16.5. The zero-order valence-corrected chi connectivity index (χ0v) is 17.7. The van der Waals surface area contributed by atoms with Gasteiger partial charge in [-0.05, 0) is 42.3 Å². The lowest BCUT2D eigenvalue weighted by Crippen LogP contribution is -2.73. The van der Waals surface area contributed by atoms with Gasteiger partial charge in [0.2, 0.25) is 5.91 Å². The van der Waals surface area contributed by atoms with Crippen molar-refractivity contribution in [2.75, 3.05) is 32.1 Å². The summed E-state index contributed by atoms with van der Waals surface area (Å²) in [5, 5.41) is 12.8. The predicted molar refractivity (Wildman–Crippen MR) is 119 cm³/mol. The highest BCUT2D eigenvalue weighted by Crippen LogP contribution is 2.43. The van der Waals surface area contributed by atoms with Crippen LogP contribution in [0.1, 0.15) is 24.0 Å². The van der Waals surface area contributed by atoms with E-state index in [2.05, 4.69) is 5.32 Å². The van der Waals surface area contributed by atoms with Gasteiger partial charge in [-0.3, -0.25) is 4.79 Å². The molecule has 4 rings (SSSR count). The van der Waals surface area contributed by atoms with Gasteiger partial charge in [0.1, 0.15) is 12.3 Å². The third kappa shape index (κ3) is 4.01. The molecular weight excluding hydrogens is 394 g/mol. The molecule has 2 saturated heterocycles. The first-order valence-corrected chi connectivity index (χ1v) is 10.4. The number of hydrogen-bond donors (Lipinski definition) is 2. The largest absolute Gasteiger partial charge is 0.497 e. The number of rotatable bonds is 5. The van der Waals surface area contributed by atoms with Crippen molar-refractivity contribution in [2.45, 2.75) is 24.9 Å². The van der Waals surface area contributed by atoms with Gasteiger partial charge >= 0.3 is 6.03 Å². The fraction of sp³-hybridized carbons (Fsp3) is 0.333. The second-order valence-electron chi connectivity index (χ2n) is 7.85. The number of hydrogen-bond acceptors (Lipinski definition) is 4. The van der Waals surface area contributed by atoms with Crippen molar-refractivity contribution < 1.29 is 19.4 Å². The number of benzene rings is 2. The molecule has 0 aliphatic carbocycles. The Morgan fingerprint density at radius 1 is 1.19 bits per heavy atom. The van der Waals surface area contributed by atoms with Crippen molar-refractivity contribution in [3.8, 4) is 5.75 Å². The number of nitrogens with zero attached hydrogens (tertiary/aromatic N) is 2. The van der Waals surface area contributed by atoms with E-state index in [1.54, 1.807) is 41.2 Å². The van der Waals surface area contributed by atoms with Crippen LogP contribution in [0.3, 0.4) is 0 Å². The number of methoxy groups -OCH3 is 1. The Bertz CT molecular complexity index is 971. The van der Waals surface area contributed by atoms with Crippen LogP contribution < -0.4 is 10.1 Å². The number of nitrogens with one attached hydrogen (secondary N) is 1. The molecule has 2 aliphatic rings. The number of carbonyl (C=O) groups is 2. The lowest BCUT2D eigenvalue weighted by molar-refractivity contribution is -0.159. The fourth-order valence-electron chi connectivity index (χ4n) is 4.55. The van der Waals surface area contributed by atoms with Crippen molar-refractivity contribution in [3.05, 3.63) is 65.7 Å². The van der Waals surface area contributed by atoms with Gasteiger partial charge in [-0.25, -0.2) is 4.79 Å². The van der Waals surface area contributed by atoms with Crippen LogP contribution in [0.15, 0.2) is 54.6 Å². The maximum Gasteiger partial charge on any atom is 0.322 e. The first-order chi connectivity index (χ1) is 15.0. The minimum absolute atomic E-state index is 0.00193. The van der Waals surface area contributed by atoms with Crippen LogP contribution in [-0.4, -0.2) is 65.7 Å². The van der Waals surface area contributed by atoms with Crippen molar-refractivity contribution in [2.24, 2.45) is 0 Å². The van der Waals surface area contributed by atoms with Gasteiger partial charge in [0.05, 0.1) is 25.8 Å². The molecule has 31 heavy (non-hydrogen) atoms. The molecule has 2 aliphatic heterocycles. The van der Waals surface area contributed by atoms with Crippen LogP contribution in [-0.2, 0) is 4.79 Å². The van der Waals surface area contributed by atoms with Crippen molar-refractivity contribution in [1.29, 1.82) is 0 Å². The first kappa shape index (κ1) is 20.9. The third-order valence-electron chi connectivity index (χ3n) is 6.06. The fourth-order valence-corrected chi connectivity index (χ4v) is 4.55. The van der Waals surface area contributed by atoms with E-state index in [0.29, 0.717) is 18.0 Å². The number of fused-ring (bicyclic) bond motifs is 1. The number of urea groups is 1. The highest BCUT2D eigenvalue weighted by Gasteiger charge is 2.54. The minimum Gasteiger partial charge on any atom is -0.497 e. The van der Waals surface area contributed by atoms with Gasteiger partial charge in [-0.15, -0.1) is 0 Å². The Labute approximate surface area is 181 Å². The number of allylic oxidation sites excluding steroid dienone is 1. The normalized spacial score (nSPS) is 22.8. The number of anilines is 1. The smallest absolute Gasteiger partial charge is 0.322 e. The SMILES string of the molecule is C/C=C/c1ccc([C@H]2[C@H](CO)N3C(=O)CN(C(=O)Nc4ccc(OC)cc4)C[C@@H]23)cc1. The monoisotopic (exact) mass is 421 g/mol. The van der Waals surface area contributed by atoms with E-state index < -0.39 is 0 Å². The topological polar surface area (TPSA) is 82.1 Å². The van der Waals surface area contributed by atoms with Crippen LogP contribution in [0.2, 0.25) is 0 Å². The molecule has 0 saturated carbocycles. The van der Waals surface area contributed by atoms with Crippen LogP contribution in [0.25, 0.3) is 6.08 Å². The molecule has 2 N–H and O–H groups in total. The van der Waals surface area contributed by atoms with Crippen LogP contribution >= 0.6 is 0 Å². The molecule has 0 spiro atoms. The van der Waals surface area contributed by atoms with E-state index in [-0.39, 0.29) is 43.1 Å². The zero-order valence-electron chi connectivity index (χ0n) is 17.7. The lowest BCUT2D eigenvalue weighted by atomic mass is 9.73. The van der Waals surface area contributed by atoms with E-state index >= 15 is 0 Å². The number of aliphatic hydroxyl groups is 1. The standard InChI is InChI=1S/C24H27N3O4/c1-3-4-16-5-7-17(8-6-16)23-20-13-26(14-22(29)27(20)21(23)15-28)24(30)25-18-9-11-19(31-2)12-10-18/h3-12,20-21,23,28H,13-15H2,1-2H3,(H,25,30)/b4-3+/t20-,21-,23+/m0/s1. The lowest BCUT2D eigenvalue weighted by Gasteiger charge is -2.58. The number of ether oxygens (including phenoxy) is 1. The quantitative estimate of drug-likeness (QED) is 0.778. The van der Waals surface area contributed by atoms with E-state index in [9.17, 15) is 14.7 Å². The molecular formula is C24H27N3O4. The van der Waals surface area contributed by atoms with Crippen LogP contribution in [0.4, 0.5) is 10.5 Å². The molecule has 7 nitrogen and oxygen atoms in total. The number of piperazine rings is 1. The Hall–Kier alpha value is -3.32. The maximum atomic E-state index is 12.8. The Balaban J connectivity index is 1.49. The van der Waals surface area contributed by atoms with E-state index in [1.165, 1.54) is 0 Å². The molecule has 2 aromatic rings. The molecule has 2 fully saturated rings. The Morgan fingerprint density at radius 3 is 2.52 bits per heavy atom. The molecule has 0 unspecified atom stereocenters. The second-order valence-corrected chi connectivity index (χ2v) is 7.85. The van der Waals surface area contributed by atoms with E-state index in [4.69, 9.17) is 4.74 Å². The molecule has 0 radical (unpaired) electrons. The molecule has 3 amide bonds. The maximum absolute atomic E-state index is 12.8. The van der Waals surface area contributed by atoms with Gasteiger partial charge in [-0.2, -0.15) is 0 Å². The van der Waals surface area contributed by atoms with Gasteiger partial charge in [0.15, 0.2) is 0 Å². The molecule has 2 heterocycles. The number of amides is 3. The van der Waals surface area contributed by atoms with Crippen molar-refractivity contribution in [1.82, 2.24) is 9.80 Å². The van der Waals surface area contributed by atoms with Gasteiger partial charge < -0.3 is 25.0 Å². The van der Waals surface area contributed by atoms with Gasteiger partial charge in [-0.1, -0.05) is 36.4 Å². The summed E-state index contributed by atoms with van der Waals surface area (Å²) in [7, 11) is 1.58. The zero-order chi connectivity index (χ0) is 22.0. The average molecular weight is 421 g/mol. The van der Waals surface area contributed by atoms with Crippen LogP contribution in [0, 0.1) is 0 Å². The van der Waals surface area contributed by atoms with Gasteiger partial charge in [0, 0.05) is 18.2 Å². The Kier molecular flexibility index (Phi) is 5.95. The molecule has 7 heteroatoms. The van der Waals surface area contributed by atoms with Crippen molar-refractivity contribution in [3.63, 3.8) is 0 Å². The highest BCUT2D eigenvalue weighted by molar-refractivity contribution is 5.93. The summed E-state index contributed by atoms with van der Waals surface area (Å²) in [5.74, 6) is 0.557. The van der Waals surface area contributed by atoms with Crippen LogP contribution in [0.5, 0.6) is 5.75 Å². The predicted octanol–water partition coefficient (Wildman–Crippen LogP) is 2.93. The summed E-state index contributed by atoms with van der Waals surface area (Å²) in [6, 6.07) is 14.5. The molecule has 0 aromatic heterocycles. The van der Waals surface area contributed by atoms with E-state index in [0.717, 1.165) is 11.1 Å². The van der Waals surface area contributed by atoms with Gasteiger partial charge in [0.25, 0.3) is 0 Å². The average Bonchev–Trinajstić information content (AvgIpc) is 2.77. The first-order valence-electron chi connectivity index (χ1n) is 10.4. The number of aliphatic hydroxyl groups excluding tert-OH is 1. The number of carbonyl (C=O) groups excluding carboxylic acids is 2. The van der Waals surface area contributed by atoms with E-state index in [1.807, 2.05) is 43.3 Å². The van der Waals surface area contributed by atoms with Crippen molar-refractivity contribution >= 4 is 23.7 Å².